The number of nitrogens with zero attached hydrogens (tertiary/aromatic N) is 4. The fourth-order valence-corrected chi connectivity index (χ4v) is 3.01. The summed E-state index contributed by atoms with van der Waals surface area (Å²) in [5.74, 6) is 0.433. The minimum absolute atomic E-state index is 0.193. The first-order valence-corrected chi connectivity index (χ1v) is 8.75. The number of rotatable bonds is 4. The zero-order valence-electron chi connectivity index (χ0n) is 15.1. The van der Waals surface area contributed by atoms with Gasteiger partial charge >= 0.3 is 0 Å². The second-order valence-electron chi connectivity index (χ2n) is 6.45. The summed E-state index contributed by atoms with van der Waals surface area (Å²) < 4.78 is 0. The van der Waals surface area contributed by atoms with E-state index in [4.69, 9.17) is 0 Å². The van der Waals surface area contributed by atoms with Crippen LogP contribution in [0.15, 0.2) is 30.5 Å². The maximum atomic E-state index is 12.7. The maximum absolute atomic E-state index is 12.7. The lowest BCUT2D eigenvalue weighted by Crippen LogP contribution is -2.45. The van der Waals surface area contributed by atoms with Crippen LogP contribution in [0.2, 0.25) is 0 Å². The molecule has 1 N–H and O–H groups in total. The number of hydrogen-bond acceptors (Lipinski definition) is 5. The molecule has 1 aliphatic heterocycles. The minimum Gasteiger partial charge on any atom is -0.338 e. The lowest BCUT2D eigenvalue weighted by molar-refractivity contribution is 0.102. The Balaban J connectivity index is 1.78. The molecule has 6 nitrogen and oxygen atoms in total. The van der Waals surface area contributed by atoms with Crippen LogP contribution in [0.1, 0.15) is 28.5 Å². The Labute approximate surface area is 148 Å². The van der Waals surface area contributed by atoms with Crippen LogP contribution in [0.5, 0.6) is 0 Å². The number of amides is 1. The van der Waals surface area contributed by atoms with Crippen molar-refractivity contribution in [2.24, 2.45) is 0 Å². The number of carbonyl (C=O) groups is 1. The van der Waals surface area contributed by atoms with Crippen LogP contribution < -0.4 is 10.2 Å². The normalized spacial score (nSPS) is 15.2. The molecule has 0 bridgehead atoms. The fourth-order valence-electron chi connectivity index (χ4n) is 3.01. The number of aromatic nitrogens is 2. The molecular weight excluding hydrogens is 314 g/mol. The topological polar surface area (TPSA) is 61.4 Å². The third-order valence-electron chi connectivity index (χ3n) is 4.64. The van der Waals surface area contributed by atoms with Crippen LogP contribution in [0, 0.1) is 6.92 Å². The number of benzene rings is 1. The van der Waals surface area contributed by atoms with E-state index in [1.54, 1.807) is 12.3 Å². The summed E-state index contributed by atoms with van der Waals surface area (Å²) in [5, 5.41) is 3.03. The molecule has 1 aromatic heterocycles. The molecule has 2 aromatic rings. The van der Waals surface area contributed by atoms with Gasteiger partial charge < -0.3 is 15.1 Å². The molecule has 6 heteroatoms. The van der Waals surface area contributed by atoms with E-state index in [0.29, 0.717) is 11.6 Å². The van der Waals surface area contributed by atoms with E-state index < -0.39 is 0 Å². The van der Waals surface area contributed by atoms with E-state index in [9.17, 15) is 4.79 Å². The lowest BCUT2D eigenvalue weighted by Gasteiger charge is -2.32. The number of carbonyl (C=O) groups excluding carboxylic acids is 1. The largest absolute Gasteiger partial charge is 0.338 e. The van der Waals surface area contributed by atoms with Gasteiger partial charge in [-0.15, -0.1) is 0 Å². The van der Waals surface area contributed by atoms with Gasteiger partial charge in [0.2, 0.25) is 5.95 Å². The molecule has 0 radical (unpaired) electrons. The molecule has 1 aromatic carbocycles. The summed E-state index contributed by atoms with van der Waals surface area (Å²) in [6.07, 6.45) is 2.53. The lowest BCUT2D eigenvalue weighted by atomic mass is 10.1. The van der Waals surface area contributed by atoms with Gasteiger partial charge in [0.15, 0.2) is 0 Å². The average Bonchev–Trinajstić information content (AvgIpc) is 2.64. The smallest absolute Gasteiger partial charge is 0.274 e. The Hall–Kier alpha value is -2.47. The quantitative estimate of drug-likeness (QED) is 0.926. The molecule has 3 rings (SSSR count). The summed E-state index contributed by atoms with van der Waals surface area (Å²) in [4.78, 5) is 25.9. The molecule has 132 valence electrons. The highest BCUT2D eigenvalue weighted by Crippen LogP contribution is 2.22. The van der Waals surface area contributed by atoms with Gasteiger partial charge in [-0.25, -0.2) is 9.97 Å². The number of aryl methyl sites for hydroxylation is 2. The first kappa shape index (κ1) is 17.4. The SMILES string of the molecule is CCc1cccc(C)c1NC(=O)c1ccnc(N2CCN(C)CC2)n1. The summed E-state index contributed by atoms with van der Waals surface area (Å²) in [7, 11) is 2.11. The Kier molecular flexibility index (Phi) is 5.28. The van der Waals surface area contributed by atoms with Crippen molar-refractivity contribution in [1.82, 2.24) is 14.9 Å². The van der Waals surface area contributed by atoms with Gasteiger partial charge in [0, 0.05) is 38.1 Å². The van der Waals surface area contributed by atoms with Crippen molar-refractivity contribution in [3.8, 4) is 0 Å². The summed E-state index contributed by atoms with van der Waals surface area (Å²) in [5.41, 5.74) is 3.46. The number of likely N-dealkylation sites (N-methyl/N-ethyl adjacent to an activating group) is 1. The number of piperazine rings is 1. The van der Waals surface area contributed by atoms with Crippen molar-refractivity contribution in [3.63, 3.8) is 0 Å². The highest BCUT2D eigenvalue weighted by atomic mass is 16.1. The molecular formula is C19H25N5O. The van der Waals surface area contributed by atoms with Crippen LogP contribution >= 0.6 is 0 Å². The minimum atomic E-state index is -0.193. The molecule has 1 fully saturated rings. The Bertz CT molecular complexity index is 753. The van der Waals surface area contributed by atoms with Crippen LogP contribution in [0.25, 0.3) is 0 Å². The van der Waals surface area contributed by atoms with Crippen molar-refractivity contribution in [2.45, 2.75) is 20.3 Å². The molecule has 0 atom stereocenters. The third kappa shape index (κ3) is 3.96. The Morgan fingerprint density at radius 1 is 1.20 bits per heavy atom. The van der Waals surface area contributed by atoms with E-state index in [-0.39, 0.29) is 5.91 Å². The molecule has 0 saturated carbocycles. The van der Waals surface area contributed by atoms with Crippen molar-refractivity contribution in [2.75, 3.05) is 43.4 Å². The summed E-state index contributed by atoms with van der Waals surface area (Å²) >= 11 is 0. The van der Waals surface area contributed by atoms with Crippen LogP contribution in [0.3, 0.4) is 0 Å². The van der Waals surface area contributed by atoms with Crippen LogP contribution in [-0.2, 0) is 6.42 Å². The first-order chi connectivity index (χ1) is 12.1. The molecule has 0 aliphatic carbocycles. The third-order valence-corrected chi connectivity index (χ3v) is 4.64. The van der Waals surface area contributed by atoms with Gasteiger partial charge in [-0.1, -0.05) is 25.1 Å². The number of anilines is 2. The summed E-state index contributed by atoms with van der Waals surface area (Å²) in [6.45, 7) is 7.79. The first-order valence-electron chi connectivity index (χ1n) is 8.75. The second kappa shape index (κ2) is 7.61. The molecule has 25 heavy (non-hydrogen) atoms. The Morgan fingerprint density at radius 2 is 1.96 bits per heavy atom. The van der Waals surface area contributed by atoms with Gasteiger partial charge in [0.1, 0.15) is 5.69 Å². The van der Waals surface area contributed by atoms with E-state index >= 15 is 0 Å². The molecule has 0 unspecified atom stereocenters. The van der Waals surface area contributed by atoms with Crippen molar-refractivity contribution < 1.29 is 4.79 Å². The maximum Gasteiger partial charge on any atom is 0.274 e. The van der Waals surface area contributed by atoms with Crippen molar-refractivity contribution in [1.29, 1.82) is 0 Å². The standard InChI is InChI=1S/C19H25N5O/c1-4-15-7-5-6-14(2)17(15)22-18(25)16-8-9-20-19(21-16)24-12-10-23(3)11-13-24/h5-9H,4,10-13H2,1-3H3,(H,22,25). The molecule has 1 amide bonds. The second-order valence-corrected chi connectivity index (χ2v) is 6.45. The molecule has 1 saturated heterocycles. The van der Waals surface area contributed by atoms with Gasteiger partial charge in [-0.05, 0) is 37.6 Å². The molecule has 0 spiro atoms. The van der Waals surface area contributed by atoms with E-state index in [0.717, 1.165) is 49.4 Å². The zero-order valence-corrected chi connectivity index (χ0v) is 15.1. The van der Waals surface area contributed by atoms with E-state index in [1.165, 1.54) is 0 Å². The van der Waals surface area contributed by atoms with Gasteiger partial charge in [-0.3, -0.25) is 4.79 Å². The van der Waals surface area contributed by atoms with Crippen LogP contribution in [0.4, 0.5) is 11.6 Å². The van der Waals surface area contributed by atoms with Gasteiger partial charge in [0.25, 0.3) is 5.91 Å². The average molecular weight is 339 g/mol. The molecule has 2 heterocycles. The number of nitrogens with one attached hydrogen (secondary N) is 1. The monoisotopic (exact) mass is 339 g/mol. The van der Waals surface area contributed by atoms with Gasteiger partial charge in [0.05, 0.1) is 0 Å². The predicted molar refractivity (Wildman–Crippen MR) is 100 cm³/mol. The fraction of sp³-hybridized carbons (Fsp3) is 0.421. The highest BCUT2D eigenvalue weighted by molar-refractivity contribution is 6.03. The van der Waals surface area contributed by atoms with E-state index in [1.807, 2.05) is 25.1 Å². The summed E-state index contributed by atoms with van der Waals surface area (Å²) in [6, 6.07) is 7.72. The zero-order chi connectivity index (χ0) is 17.8. The van der Waals surface area contributed by atoms with E-state index in [2.05, 4.69) is 39.1 Å². The highest BCUT2D eigenvalue weighted by Gasteiger charge is 2.18. The number of hydrogen-bond donors (Lipinski definition) is 1. The number of para-hydroxylation sites is 1. The van der Waals surface area contributed by atoms with Crippen LogP contribution in [-0.4, -0.2) is 54.0 Å². The molecule has 1 aliphatic rings. The van der Waals surface area contributed by atoms with Crippen molar-refractivity contribution in [3.05, 3.63) is 47.3 Å². The van der Waals surface area contributed by atoms with Crippen molar-refractivity contribution >= 4 is 17.5 Å². The Morgan fingerprint density at radius 3 is 2.68 bits per heavy atom. The van der Waals surface area contributed by atoms with Gasteiger partial charge in [-0.2, -0.15) is 0 Å². The predicted octanol–water partition coefficient (Wildman–Crippen LogP) is 2.35.